The van der Waals surface area contributed by atoms with Crippen molar-refractivity contribution in [1.29, 1.82) is 0 Å². The van der Waals surface area contributed by atoms with E-state index in [2.05, 4.69) is 164 Å². The van der Waals surface area contributed by atoms with Crippen molar-refractivity contribution < 1.29 is 9.22 Å². The normalized spacial score (nSPS) is 13.1. The molecule has 0 spiro atoms. The Morgan fingerprint density at radius 3 is 1.75 bits per heavy atom. The molecule has 0 unspecified atom stereocenters. The van der Waals surface area contributed by atoms with Crippen LogP contribution < -0.4 is 0 Å². The predicted molar refractivity (Wildman–Crippen MR) is 283 cm³/mol. The van der Waals surface area contributed by atoms with Gasteiger partial charge in [-0.1, -0.05) is 165 Å². The average Bonchev–Trinajstić information content (AvgIpc) is 3.71. The molecule has 0 radical (unpaired) electrons. The van der Waals surface area contributed by atoms with E-state index in [0.29, 0.717) is 17.0 Å². The molecule has 4 heteroatoms. The number of phenolic OH excluding ortho intramolecular Hbond substituents is 1. The number of hydrogen-bond donors (Lipinski definition) is 1. The van der Waals surface area contributed by atoms with Gasteiger partial charge in [0.2, 0.25) is 0 Å². The first kappa shape index (κ1) is 41.4. The molecule has 1 N–H and O–H groups in total. The van der Waals surface area contributed by atoms with Gasteiger partial charge in [-0.15, -0.1) is 0 Å². The molecule has 9 aromatic rings. The molecule has 67 heavy (non-hydrogen) atoms. The topological polar surface area (TPSA) is 50.9 Å². The average molecular weight is 881 g/mol. The third-order valence-electron chi connectivity index (χ3n) is 13.1. The van der Waals surface area contributed by atoms with E-state index in [9.17, 15) is 5.11 Å². The fourth-order valence-corrected chi connectivity index (χ4v) is 9.19. The van der Waals surface area contributed by atoms with Gasteiger partial charge in [-0.05, 0) is 152 Å². The fraction of sp³-hybridized carbons (Fsp3) is 0.238. The maximum Gasteiger partial charge on any atom is 0.149 e. The van der Waals surface area contributed by atoms with Crippen LogP contribution in [0.3, 0.4) is 0 Å². The molecule has 0 aliphatic rings. The SMILES string of the molecule is [2H]C([2H])([2H])c1cc(-c2ccc(C(C)(C)C)cc2)c(-n2c(-c3cc(C)cc(C)c3O)nc3c(-c4cc(-c5cc(-c6ccc(C(C)(C)C)cc6)ccn5)cc(C(C)(C)C)c4)cccc32)cc1-c1ccccc1. The third kappa shape index (κ3) is 8.86. The number of benzene rings is 7. The van der Waals surface area contributed by atoms with Gasteiger partial charge in [-0.25, -0.2) is 4.98 Å². The van der Waals surface area contributed by atoms with Gasteiger partial charge in [0, 0.05) is 27.0 Å². The molecule has 7 aromatic carbocycles. The number of fused-ring (bicyclic) bond motifs is 1. The van der Waals surface area contributed by atoms with Crippen molar-refractivity contribution in [2.24, 2.45) is 0 Å². The summed E-state index contributed by atoms with van der Waals surface area (Å²) in [5.74, 6) is 0.678. The maximum atomic E-state index is 12.0. The minimum Gasteiger partial charge on any atom is -0.507 e. The molecule has 0 atom stereocenters. The first-order valence-corrected chi connectivity index (χ1v) is 23.4. The van der Waals surface area contributed by atoms with E-state index in [0.717, 1.165) is 83.6 Å². The molecule has 0 saturated carbocycles. The smallest absolute Gasteiger partial charge is 0.149 e. The Morgan fingerprint density at radius 1 is 0.478 bits per heavy atom. The summed E-state index contributed by atoms with van der Waals surface area (Å²) in [7, 11) is 0. The third-order valence-corrected chi connectivity index (χ3v) is 13.1. The van der Waals surface area contributed by atoms with E-state index >= 15 is 0 Å². The Labute approximate surface area is 402 Å². The second kappa shape index (κ2) is 17.0. The first-order chi connectivity index (χ1) is 33.0. The zero-order valence-electron chi connectivity index (χ0n) is 43.8. The highest BCUT2D eigenvalue weighted by Gasteiger charge is 2.26. The van der Waals surface area contributed by atoms with Crippen LogP contribution in [-0.4, -0.2) is 19.6 Å². The summed E-state index contributed by atoms with van der Waals surface area (Å²) < 4.78 is 28.8. The Bertz CT molecular complexity index is 3420. The zero-order chi connectivity index (χ0) is 50.1. The summed E-state index contributed by atoms with van der Waals surface area (Å²) >= 11 is 0. The minimum absolute atomic E-state index is 0.0562. The lowest BCUT2D eigenvalue weighted by molar-refractivity contribution is 0.472. The number of hydrogen-bond acceptors (Lipinski definition) is 3. The van der Waals surface area contributed by atoms with Gasteiger partial charge < -0.3 is 5.11 Å². The van der Waals surface area contributed by atoms with Crippen LogP contribution in [0.2, 0.25) is 0 Å². The van der Waals surface area contributed by atoms with E-state index in [1.807, 2.05) is 74.6 Å². The molecule has 0 bridgehead atoms. The van der Waals surface area contributed by atoms with Crippen LogP contribution in [0, 0.1) is 20.7 Å². The standard InChI is InChI=1S/C63H63N3O/c1-39-31-41(3)59(67)54(32-39)60-65-58-51(46-34-47(36-50(35-46)63(10,11)12)55-37-45(29-30-64-55)42-21-25-48(26-22-42)61(4,5)6)19-16-20-56(58)66(60)57-38-52(43-17-14-13-15-18-43)40(2)33-53(57)44-23-27-49(28-24-44)62(7,8)9/h13-38,67H,1-12H3/i2D3. The lowest BCUT2D eigenvalue weighted by atomic mass is 9.83. The van der Waals surface area contributed by atoms with Crippen molar-refractivity contribution in [3.05, 3.63) is 191 Å². The first-order valence-electron chi connectivity index (χ1n) is 24.9. The van der Waals surface area contributed by atoms with Crippen LogP contribution >= 0.6 is 0 Å². The quantitative estimate of drug-likeness (QED) is 0.173. The fourth-order valence-electron chi connectivity index (χ4n) is 9.19. The number of rotatable bonds is 7. The van der Waals surface area contributed by atoms with Crippen LogP contribution in [0.25, 0.3) is 83.9 Å². The molecule has 0 saturated heterocycles. The van der Waals surface area contributed by atoms with E-state index in [4.69, 9.17) is 14.1 Å². The number of pyridine rings is 1. The van der Waals surface area contributed by atoms with Gasteiger partial charge in [0.15, 0.2) is 0 Å². The lowest BCUT2D eigenvalue weighted by Crippen LogP contribution is -2.11. The summed E-state index contributed by atoms with van der Waals surface area (Å²) in [5, 5.41) is 12.0. The van der Waals surface area contributed by atoms with Crippen LogP contribution in [0.15, 0.2) is 158 Å². The molecular weight excluding hydrogens is 815 g/mol. The molecule has 2 heterocycles. The number of aromatic nitrogens is 3. The molecular formula is C63H63N3O. The Hall–Kier alpha value is -7.04. The largest absolute Gasteiger partial charge is 0.507 e. The number of para-hydroxylation sites is 1. The van der Waals surface area contributed by atoms with Gasteiger partial charge in [0.25, 0.3) is 0 Å². The number of nitrogens with zero attached hydrogens (tertiary/aromatic N) is 3. The van der Waals surface area contributed by atoms with Crippen molar-refractivity contribution >= 4 is 11.0 Å². The van der Waals surface area contributed by atoms with Crippen molar-refractivity contribution in [2.75, 3.05) is 0 Å². The van der Waals surface area contributed by atoms with Crippen LogP contribution in [-0.2, 0) is 16.2 Å². The van der Waals surface area contributed by atoms with Gasteiger partial charge in [-0.3, -0.25) is 9.55 Å². The van der Waals surface area contributed by atoms with E-state index in [1.54, 1.807) is 0 Å². The summed E-state index contributed by atoms with van der Waals surface area (Å²) in [6.45, 7) is 21.5. The zero-order valence-corrected chi connectivity index (χ0v) is 40.8. The van der Waals surface area contributed by atoms with Gasteiger partial charge in [-0.2, -0.15) is 0 Å². The number of aromatic hydroxyl groups is 1. The highest BCUT2D eigenvalue weighted by Crippen LogP contribution is 2.44. The number of phenols is 1. The second-order valence-electron chi connectivity index (χ2n) is 21.3. The molecule has 4 nitrogen and oxygen atoms in total. The van der Waals surface area contributed by atoms with Gasteiger partial charge >= 0.3 is 0 Å². The lowest BCUT2D eigenvalue weighted by Gasteiger charge is -2.22. The van der Waals surface area contributed by atoms with E-state index in [1.165, 1.54) is 11.1 Å². The Kier molecular flexibility index (Phi) is 10.5. The number of imidazole rings is 1. The minimum atomic E-state index is -2.43. The number of aryl methyl sites for hydroxylation is 3. The van der Waals surface area contributed by atoms with Crippen molar-refractivity contribution in [1.82, 2.24) is 14.5 Å². The molecule has 9 rings (SSSR count). The molecule has 336 valence electrons. The maximum absolute atomic E-state index is 12.0. The predicted octanol–water partition coefficient (Wildman–Crippen LogP) is 16.9. The Balaban J connectivity index is 1.34. The second-order valence-corrected chi connectivity index (χ2v) is 21.3. The van der Waals surface area contributed by atoms with Crippen molar-refractivity contribution in [2.45, 2.75) is 99.3 Å². The molecule has 0 fully saturated rings. The summed E-state index contributed by atoms with van der Waals surface area (Å²) in [6.07, 6.45) is 1.90. The summed E-state index contributed by atoms with van der Waals surface area (Å²) in [5.41, 5.74) is 17.2. The molecule has 0 amide bonds. The summed E-state index contributed by atoms with van der Waals surface area (Å²) in [4.78, 5) is 10.5. The highest BCUT2D eigenvalue weighted by atomic mass is 16.3. The molecule has 0 aliphatic carbocycles. The Morgan fingerprint density at radius 2 is 1.10 bits per heavy atom. The van der Waals surface area contributed by atoms with Crippen molar-refractivity contribution in [3.8, 4) is 78.6 Å². The van der Waals surface area contributed by atoms with Crippen molar-refractivity contribution in [3.63, 3.8) is 0 Å². The van der Waals surface area contributed by atoms with Crippen LogP contribution in [0.5, 0.6) is 5.75 Å². The molecule has 2 aromatic heterocycles. The highest BCUT2D eigenvalue weighted by molar-refractivity contribution is 5.98. The van der Waals surface area contributed by atoms with Crippen LogP contribution in [0.4, 0.5) is 0 Å². The van der Waals surface area contributed by atoms with E-state index in [-0.39, 0.29) is 27.6 Å². The van der Waals surface area contributed by atoms with Gasteiger partial charge in [0.05, 0.1) is 28.0 Å². The van der Waals surface area contributed by atoms with Crippen LogP contribution in [0.1, 0.15) is 99.8 Å². The molecule has 0 aliphatic heterocycles. The summed E-state index contributed by atoms with van der Waals surface area (Å²) in [6, 6.07) is 52.1. The monoisotopic (exact) mass is 881 g/mol. The van der Waals surface area contributed by atoms with Gasteiger partial charge in [0.1, 0.15) is 11.6 Å². The van der Waals surface area contributed by atoms with E-state index < -0.39 is 6.85 Å².